The fourth-order valence-corrected chi connectivity index (χ4v) is 3.54. The van der Waals surface area contributed by atoms with E-state index in [1.807, 2.05) is 6.92 Å². The molecule has 2 aromatic carbocycles. The van der Waals surface area contributed by atoms with Crippen molar-refractivity contribution in [2.24, 2.45) is 0 Å². The van der Waals surface area contributed by atoms with E-state index in [9.17, 15) is 12.8 Å². The third kappa shape index (κ3) is 4.04. The average Bonchev–Trinajstić information content (AvgIpc) is 3.05. The van der Waals surface area contributed by atoms with Crippen LogP contribution in [0.15, 0.2) is 59.6 Å². The zero-order chi connectivity index (χ0) is 20.6. The highest BCUT2D eigenvalue weighted by atomic mass is 32.2. The van der Waals surface area contributed by atoms with E-state index in [1.54, 1.807) is 24.3 Å². The van der Waals surface area contributed by atoms with E-state index >= 15 is 0 Å². The second kappa shape index (κ2) is 7.17. The standard InChI is InChI=1S/C20H17FN4O3S/c1-12-10-15-16(23-12)6-7-17(19(15)21)28-18-8-9-22-20(25-18)24-13-4-3-5-14(11-13)29(2,26)27/h3-11,23H,1-2H3,(H,22,24,25). The van der Waals surface area contributed by atoms with Crippen molar-refractivity contribution in [3.63, 3.8) is 0 Å². The first-order valence-corrected chi connectivity index (χ1v) is 10.5. The summed E-state index contributed by atoms with van der Waals surface area (Å²) in [4.78, 5) is 11.5. The minimum Gasteiger partial charge on any atom is -0.436 e. The Kier molecular flexibility index (Phi) is 4.67. The maximum atomic E-state index is 14.7. The minimum absolute atomic E-state index is 0.0419. The van der Waals surface area contributed by atoms with Crippen LogP contribution in [0.4, 0.5) is 16.0 Å². The number of rotatable bonds is 5. The molecule has 4 aromatic rings. The molecule has 0 radical (unpaired) electrons. The molecule has 0 saturated heterocycles. The molecule has 0 aliphatic carbocycles. The lowest BCUT2D eigenvalue weighted by atomic mass is 10.2. The van der Waals surface area contributed by atoms with Crippen molar-refractivity contribution in [2.45, 2.75) is 11.8 Å². The lowest BCUT2D eigenvalue weighted by Crippen LogP contribution is -2.01. The van der Waals surface area contributed by atoms with E-state index in [0.29, 0.717) is 16.6 Å². The number of ether oxygens (including phenoxy) is 1. The number of sulfone groups is 1. The van der Waals surface area contributed by atoms with Crippen LogP contribution in [0.3, 0.4) is 0 Å². The van der Waals surface area contributed by atoms with Crippen molar-refractivity contribution in [3.05, 3.63) is 66.2 Å². The molecule has 9 heteroatoms. The quantitative estimate of drug-likeness (QED) is 0.506. The number of nitrogens with zero attached hydrogens (tertiary/aromatic N) is 2. The summed E-state index contributed by atoms with van der Waals surface area (Å²) >= 11 is 0. The molecule has 0 unspecified atom stereocenters. The van der Waals surface area contributed by atoms with Crippen LogP contribution in [0.5, 0.6) is 11.6 Å². The third-order valence-corrected chi connectivity index (χ3v) is 5.31. The van der Waals surface area contributed by atoms with Crippen molar-refractivity contribution in [3.8, 4) is 11.6 Å². The summed E-state index contributed by atoms with van der Waals surface area (Å²) in [6.45, 7) is 1.85. The van der Waals surface area contributed by atoms with Crippen molar-refractivity contribution < 1.29 is 17.5 Å². The Hall–Kier alpha value is -3.46. The number of hydrogen-bond donors (Lipinski definition) is 2. The van der Waals surface area contributed by atoms with E-state index in [2.05, 4.69) is 20.3 Å². The van der Waals surface area contributed by atoms with Crippen molar-refractivity contribution in [1.29, 1.82) is 0 Å². The predicted octanol–water partition coefficient (Wildman–Crippen LogP) is 4.34. The van der Waals surface area contributed by atoms with Gasteiger partial charge in [0.15, 0.2) is 21.4 Å². The number of halogens is 1. The van der Waals surface area contributed by atoms with Crippen LogP contribution in [0.1, 0.15) is 5.69 Å². The molecule has 0 aliphatic rings. The summed E-state index contributed by atoms with van der Waals surface area (Å²) in [6.07, 6.45) is 2.59. The molecule has 0 fully saturated rings. The molecule has 4 rings (SSSR count). The van der Waals surface area contributed by atoms with Crippen LogP contribution in [0.25, 0.3) is 10.9 Å². The Bertz CT molecular complexity index is 1320. The average molecular weight is 412 g/mol. The van der Waals surface area contributed by atoms with Crippen LogP contribution in [-0.2, 0) is 9.84 Å². The number of benzene rings is 2. The highest BCUT2D eigenvalue weighted by Crippen LogP contribution is 2.30. The molecule has 2 aromatic heterocycles. The van der Waals surface area contributed by atoms with Gasteiger partial charge in [-0.25, -0.2) is 17.8 Å². The Morgan fingerprint density at radius 2 is 1.97 bits per heavy atom. The highest BCUT2D eigenvalue weighted by molar-refractivity contribution is 7.90. The molecule has 0 bridgehead atoms. The molecule has 2 heterocycles. The zero-order valence-corrected chi connectivity index (χ0v) is 16.4. The lowest BCUT2D eigenvalue weighted by Gasteiger charge is -2.09. The number of hydrogen-bond acceptors (Lipinski definition) is 6. The molecule has 148 valence electrons. The van der Waals surface area contributed by atoms with Gasteiger partial charge in [-0.15, -0.1) is 0 Å². The van der Waals surface area contributed by atoms with E-state index < -0.39 is 15.7 Å². The van der Waals surface area contributed by atoms with E-state index in [0.717, 1.165) is 11.9 Å². The second-order valence-corrected chi connectivity index (χ2v) is 8.55. The summed E-state index contributed by atoms with van der Waals surface area (Å²) in [6, 6.07) is 12.8. The van der Waals surface area contributed by atoms with Gasteiger partial charge >= 0.3 is 0 Å². The SMILES string of the molecule is Cc1cc2c(F)c(Oc3ccnc(Nc4cccc(S(C)(=O)=O)c4)n3)ccc2[nH]1. The summed E-state index contributed by atoms with van der Waals surface area (Å²) < 4.78 is 43.7. The Balaban J connectivity index is 1.59. The van der Waals surface area contributed by atoms with Gasteiger partial charge in [0, 0.05) is 40.8 Å². The molecule has 2 N–H and O–H groups in total. The number of anilines is 2. The Labute approximate surface area is 166 Å². The van der Waals surface area contributed by atoms with Crippen molar-refractivity contribution in [2.75, 3.05) is 11.6 Å². The van der Waals surface area contributed by atoms with E-state index in [-0.39, 0.29) is 22.5 Å². The molecular formula is C20H17FN4O3S. The number of aromatic amines is 1. The second-order valence-electron chi connectivity index (χ2n) is 6.54. The monoisotopic (exact) mass is 412 g/mol. The van der Waals surface area contributed by atoms with Crippen LogP contribution in [0, 0.1) is 12.7 Å². The summed E-state index contributed by atoms with van der Waals surface area (Å²) in [5.41, 5.74) is 2.03. The molecule has 29 heavy (non-hydrogen) atoms. The molecular weight excluding hydrogens is 395 g/mol. The lowest BCUT2D eigenvalue weighted by molar-refractivity contribution is 0.430. The number of fused-ring (bicyclic) bond motifs is 1. The van der Waals surface area contributed by atoms with E-state index in [1.165, 1.54) is 30.5 Å². The van der Waals surface area contributed by atoms with Crippen LogP contribution < -0.4 is 10.1 Å². The third-order valence-electron chi connectivity index (χ3n) is 4.20. The molecule has 0 atom stereocenters. The van der Waals surface area contributed by atoms with Crippen molar-refractivity contribution in [1.82, 2.24) is 15.0 Å². The van der Waals surface area contributed by atoms with Gasteiger partial charge < -0.3 is 15.0 Å². The van der Waals surface area contributed by atoms with Crippen LogP contribution >= 0.6 is 0 Å². The van der Waals surface area contributed by atoms with Gasteiger partial charge in [-0.1, -0.05) is 6.07 Å². The fourth-order valence-electron chi connectivity index (χ4n) is 2.87. The van der Waals surface area contributed by atoms with Gasteiger partial charge in [-0.2, -0.15) is 4.98 Å². The molecule has 0 spiro atoms. The Morgan fingerprint density at radius 3 is 2.76 bits per heavy atom. The molecule has 0 amide bonds. The first kappa shape index (κ1) is 18.9. The predicted molar refractivity (Wildman–Crippen MR) is 108 cm³/mol. The number of aryl methyl sites for hydroxylation is 1. The van der Waals surface area contributed by atoms with E-state index in [4.69, 9.17) is 4.74 Å². The topological polar surface area (TPSA) is 97.0 Å². The largest absolute Gasteiger partial charge is 0.436 e. The van der Waals surface area contributed by atoms with Gasteiger partial charge in [0.1, 0.15) is 0 Å². The van der Waals surface area contributed by atoms with Crippen molar-refractivity contribution >= 4 is 32.4 Å². The number of nitrogens with one attached hydrogen (secondary N) is 2. The van der Waals surface area contributed by atoms with Gasteiger partial charge in [0.25, 0.3) is 0 Å². The number of H-pyrrole nitrogens is 1. The maximum Gasteiger partial charge on any atom is 0.230 e. The normalized spacial score (nSPS) is 11.6. The van der Waals surface area contributed by atoms with Gasteiger partial charge in [-0.3, -0.25) is 0 Å². The van der Waals surface area contributed by atoms with Gasteiger partial charge in [0.2, 0.25) is 11.8 Å². The zero-order valence-electron chi connectivity index (χ0n) is 15.6. The fraction of sp³-hybridized carbons (Fsp3) is 0.100. The van der Waals surface area contributed by atoms with Gasteiger partial charge in [0.05, 0.1) is 4.90 Å². The summed E-state index contributed by atoms with van der Waals surface area (Å²) in [5, 5.41) is 3.36. The molecule has 0 aliphatic heterocycles. The highest BCUT2D eigenvalue weighted by Gasteiger charge is 2.13. The van der Waals surface area contributed by atoms with Crippen LogP contribution in [0.2, 0.25) is 0 Å². The Morgan fingerprint density at radius 1 is 1.14 bits per heavy atom. The number of aromatic nitrogens is 3. The minimum atomic E-state index is -3.34. The van der Waals surface area contributed by atoms with Crippen LogP contribution in [-0.4, -0.2) is 29.6 Å². The molecule has 7 nitrogen and oxygen atoms in total. The maximum absolute atomic E-state index is 14.7. The first-order chi connectivity index (χ1) is 13.8. The molecule has 0 saturated carbocycles. The summed E-state index contributed by atoms with van der Waals surface area (Å²) in [5.74, 6) is -0.111. The van der Waals surface area contributed by atoms with Gasteiger partial charge in [-0.05, 0) is 43.3 Å². The summed E-state index contributed by atoms with van der Waals surface area (Å²) in [7, 11) is -3.34. The smallest absolute Gasteiger partial charge is 0.230 e. The first-order valence-electron chi connectivity index (χ1n) is 8.65.